The summed E-state index contributed by atoms with van der Waals surface area (Å²) in [6.45, 7) is 4.57. The van der Waals surface area contributed by atoms with Crippen LogP contribution in [-0.2, 0) is 9.47 Å². The largest absolute Gasteiger partial charge is 0.381 e. The molecule has 3 heteroatoms. The predicted octanol–water partition coefficient (Wildman–Crippen LogP) is 1.96. The molecule has 1 saturated heterocycles. The van der Waals surface area contributed by atoms with E-state index in [1.807, 2.05) is 0 Å². The van der Waals surface area contributed by atoms with Crippen molar-refractivity contribution in [2.24, 2.45) is 5.92 Å². The summed E-state index contributed by atoms with van der Waals surface area (Å²) in [4.78, 5) is 0. The van der Waals surface area contributed by atoms with Crippen LogP contribution in [-0.4, -0.2) is 39.0 Å². The fourth-order valence-electron chi connectivity index (χ4n) is 2.61. The minimum Gasteiger partial charge on any atom is -0.381 e. The molecule has 0 spiro atoms. The summed E-state index contributed by atoms with van der Waals surface area (Å²) in [6.07, 6.45) is 8.12. The lowest BCUT2D eigenvalue weighted by Gasteiger charge is -2.22. The molecule has 0 bridgehead atoms. The van der Waals surface area contributed by atoms with Gasteiger partial charge in [0.2, 0.25) is 0 Å². The van der Waals surface area contributed by atoms with Crippen LogP contribution < -0.4 is 5.32 Å². The maximum atomic E-state index is 5.67. The molecule has 1 aliphatic carbocycles. The molecule has 3 nitrogen and oxygen atoms in total. The lowest BCUT2D eigenvalue weighted by molar-refractivity contribution is 0.0893. The highest BCUT2D eigenvalue weighted by Gasteiger charge is 2.15. The average molecular weight is 227 g/mol. The molecular weight excluding hydrogens is 202 g/mol. The summed E-state index contributed by atoms with van der Waals surface area (Å²) < 4.78 is 11.0. The van der Waals surface area contributed by atoms with Gasteiger partial charge in [0.1, 0.15) is 0 Å². The Labute approximate surface area is 98.9 Å². The van der Waals surface area contributed by atoms with Gasteiger partial charge in [-0.1, -0.05) is 19.3 Å². The summed E-state index contributed by atoms with van der Waals surface area (Å²) in [5.74, 6) is 0.648. The van der Waals surface area contributed by atoms with Crippen molar-refractivity contribution in [3.8, 4) is 0 Å². The van der Waals surface area contributed by atoms with Gasteiger partial charge in [-0.15, -0.1) is 0 Å². The van der Waals surface area contributed by atoms with Crippen molar-refractivity contribution >= 4 is 0 Å². The zero-order valence-electron chi connectivity index (χ0n) is 10.2. The zero-order valence-corrected chi connectivity index (χ0v) is 10.2. The van der Waals surface area contributed by atoms with Crippen molar-refractivity contribution in [2.75, 3.05) is 33.0 Å². The number of ether oxygens (including phenoxy) is 2. The molecule has 0 aromatic carbocycles. The minimum absolute atomic E-state index is 0.648. The third-order valence-corrected chi connectivity index (χ3v) is 3.66. The smallest absolute Gasteiger partial charge is 0.0591 e. The second-order valence-electron chi connectivity index (χ2n) is 5.09. The van der Waals surface area contributed by atoms with Crippen molar-refractivity contribution in [3.63, 3.8) is 0 Å². The van der Waals surface area contributed by atoms with Crippen LogP contribution in [0.1, 0.15) is 38.5 Å². The van der Waals surface area contributed by atoms with Crippen molar-refractivity contribution in [1.29, 1.82) is 0 Å². The van der Waals surface area contributed by atoms with Crippen LogP contribution in [0.3, 0.4) is 0 Å². The second-order valence-corrected chi connectivity index (χ2v) is 5.09. The monoisotopic (exact) mass is 227 g/mol. The molecule has 2 aliphatic rings. The van der Waals surface area contributed by atoms with Gasteiger partial charge in [0.25, 0.3) is 0 Å². The fraction of sp³-hybridized carbons (Fsp3) is 1.00. The molecular formula is C13H25NO2. The summed E-state index contributed by atoms with van der Waals surface area (Å²) in [5.41, 5.74) is 0. The minimum atomic E-state index is 0.648. The Morgan fingerprint density at radius 2 is 2.00 bits per heavy atom. The molecule has 0 radical (unpaired) electrons. The quantitative estimate of drug-likeness (QED) is 0.704. The SMILES string of the molecule is C1CCC(NCCOCC2CCOC2)CC1. The fourth-order valence-corrected chi connectivity index (χ4v) is 2.61. The summed E-state index contributed by atoms with van der Waals surface area (Å²) in [7, 11) is 0. The van der Waals surface area contributed by atoms with Crippen molar-refractivity contribution in [1.82, 2.24) is 5.32 Å². The summed E-state index contributed by atoms with van der Waals surface area (Å²) >= 11 is 0. The Bertz CT molecular complexity index is 175. The molecule has 0 amide bonds. The van der Waals surface area contributed by atoms with Gasteiger partial charge in [-0.3, -0.25) is 0 Å². The van der Waals surface area contributed by atoms with Crippen molar-refractivity contribution in [3.05, 3.63) is 0 Å². The van der Waals surface area contributed by atoms with Gasteiger partial charge in [0.15, 0.2) is 0 Å². The van der Waals surface area contributed by atoms with E-state index in [2.05, 4.69) is 5.32 Å². The van der Waals surface area contributed by atoms with Crippen molar-refractivity contribution in [2.45, 2.75) is 44.6 Å². The molecule has 0 aromatic heterocycles. The number of hydrogen-bond acceptors (Lipinski definition) is 3. The van der Waals surface area contributed by atoms with Gasteiger partial charge in [-0.05, 0) is 19.3 Å². The van der Waals surface area contributed by atoms with Gasteiger partial charge in [0, 0.05) is 25.1 Å². The van der Waals surface area contributed by atoms with Crippen LogP contribution in [0.2, 0.25) is 0 Å². The molecule has 2 fully saturated rings. The first-order valence-corrected chi connectivity index (χ1v) is 6.84. The third kappa shape index (κ3) is 4.40. The third-order valence-electron chi connectivity index (χ3n) is 3.66. The topological polar surface area (TPSA) is 30.5 Å². The maximum Gasteiger partial charge on any atom is 0.0591 e. The van der Waals surface area contributed by atoms with E-state index in [0.717, 1.165) is 39.0 Å². The number of nitrogens with one attached hydrogen (secondary N) is 1. The van der Waals surface area contributed by atoms with Gasteiger partial charge >= 0.3 is 0 Å². The van der Waals surface area contributed by atoms with E-state index in [1.165, 1.54) is 38.5 Å². The highest BCUT2D eigenvalue weighted by molar-refractivity contribution is 4.71. The van der Waals surface area contributed by atoms with E-state index in [0.29, 0.717) is 5.92 Å². The van der Waals surface area contributed by atoms with Crippen LogP contribution in [0.5, 0.6) is 0 Å². The predicted molar refractivity (Wildman–Crippen MR) is 64.6 cm³/mol. The maximum absolute atomic E-state index is 5.67. The number of rotatable bonds is 6. The summed E-state index contributed by atoms with van der Waals surface area (Å²) in [5, 5.41) is 3.59. The van der Waals surface area contributed by atoms with E-state index >= 15 is 0 Å². The summed E-state index contributed by atoms with van der Waals surface area (Å²) in [6, 6.07) is 0.757. The van der Waals surface area contributed by atoms with E-state index in [4.69, 9.17) is 9.47 Å². The molecule has 1 N–H and O–H groups in total. The van der Waals surface area contributed by atoms with E-state index in [-0.39, 0.29) is 0 Å². The van der Waals surface area contributed by atoms with Gasteiger partial charge in [0.05, 0.1) is 19.8 Å². The average Bonchev–Trinajstić information content (AvgIpc) is 2.83. The first-order valence-electron chi connectivity index (χ1n) is 6.84. The Morgan fingerprint density at radius 1 is 1.12 bits per heavy atom. The highest BCUT2D eigenvalue weighted by atomic mass is 16.5. The molecule has 2 rings (SSSR count). The van der Waals surface area contributed by atoms with Gasteiger partial charge in [-0.25, -0.2) is 0 Å². The molecule has 0 aromatic rings. The molecule has 1 heterocycles. The lowest BCUT2D eigenvalue weighted by Crippen LogP contribution is -2.33. The Kier molecular flexibility index (Phi) is 5.59. The van der Waals surface area contributed by atoms with Gasteiger partial charge in [-0.2, -0.15) is 0 Å². The lowest BCUT2D eigenvalue weighted by atomic mass is 9.96. The van der Waals surface area contributed by atoms with Crippen LogP contribution in [0, 0.1) is 5.92 Å². The molecule has 16 heavy (non-hydrogen) atoms. The Morgan fingerprint density at radius 3 is 2.75 bits per heavy atom. The first kappa shape index (κ1) is 12.3. The van der Waals surface area contributed by atoms with E-state index in [9.17, 15) is 0 Å². The molecule has 1 unspecified atom stereocenters. The standard InChI is InChI=1S/C13H25NO2/c1-2-4-13(5-3-1)14-7-9-16-11-12-6-8-15-10-12/h12-14H,1-11H2. The van der Waals surface area contributed by atoms with Crippen LogP contribution >= 0.6 is 0 Å². The van der Waals surface area contributed by atoms with Gasteiger partial charge < -0.3 is 14.8 Å². The van der Waals surface area contributed by atoms with Crippen LogP contribution in [0.4, 0.5) is 0 Å². The van der Waals surface area contributed by atoms with E-state index in [1.54, 1.807) is 0 Å². The Balaban J connectivity index is 1.42. The highest BCUT2D eigenvalue weighted by Crippen LogP contribution is 2.17. The Hall–Kier alpha value is -0.120. The molecule has 1 atom stereocenters. The second kappa shape index (κ2) is 7.25. The molecule has 1 aliphatic heterocycles. The van der Waals surface area contributed by atoms with Crippen LogP contribution in [0.25, 0.3) is 0 Å². The zero-order chi connectivity index (χ0) is 11.1. The molecule has 94 valence electrons. The van der Waals surface area contributed by atoms with E-state index < -0.39 is 0 Å². The van der Waals surface area contributed by atoms with Crippen molar-refractivity contribution < 1.29 is 9.47 Å². The first-order chi connectivity index (χ1) is 7.95. The molecule has 1 saturated carbocycles. The number of hydrogen-bond donors (Lipinski definition) is 1. The normalized spacial score (nSPS) is 27.4. The van der Waals surface area contributed by atoms with Crippen LogP contribution in [0.15, 0.2) is 0 Å².